The SMILES string of the molecule is CCS(=O)(=O)NCCCOc1nc(C2CC2)nc(NS(=O)(=O)c2ccc(C(C)C)cn2)c1Oc1ccccc1OC. The van der Waals surface area contributed by atoms with Gasteiger partial charge in [0.05, 0.1) is 19.5 Å². The lowest BCUT2D eigenvalue weighted by Crippen LogP contribution is -2.27. The molecule has 0 spiro atoms. The number of methoxy groups -OCH3 is 1. The Balaban J connectivity index is 1.69. The van der Waals surface area contributed by atoms with Crippen LogP contribution in [0.2, 0.25) is 0 Å². The molecule has 1 aliphatic rings. The van der Waals surface area contributed by atoms with Crippen LogP contribution in [-0.2, 0) is 20.0 Å². The molecule has 1 saturated carbocycles. The van der Waals surface area contributed by atoms with E-state index < -0.39 is 20.0 Å². The van der Waals surface area contributed by atoms with Crippen LogP contribution < -0.4 is 23.7 Å². The Hall–Kier alpha value is -3.49. The number of ether oxygens (including phenoxy) is 3. The van der Waals surface area contributed by atoms with Crippen LogP contribution in [0.5, 0.6) is 23.1 Å². The molecule has 0 saturated heterocycles. The third-order valence-electron chi connectivity index (χ3n) is 6.27. The average Bonchev–Trinajstić information content (AvgIpc) is 3.80. The standard InChI is InChI=1S/C27H35N5O7S2/c1-5-40(33,34)29-15-8-16-38-27-24(39-22-10-7-6-9-21(22)37-4)26(30-25(31-27)19-11-12-19)32-41(35,36)23-14-13-20(17-28-23)18(2)3/h6-7,9-10,13-14,17-19,29H,5,8,11-12,15-16H2,1-4H3,(H,30,31,32). The quantitative estimate of drug-likeness (QED) is 0.241. The van der Waals surface area contributed by atoms with E-state index >= 15 is 0 Å². The highest BCUT2D eigenvalue weighted by molar-refractivity contribution is 7.92. The van der Waals surface area contributed by atoms with Crippen molar-refractivity contribution in [1.29, 1.82) is 0 Å². The van der Waals surface area contributed by atoms with Crippen LogP contribution in [0.3, 0.4) is 0 Å². The van der Waals surface area contributed by atoms with Crippen molar-refractivity contribution >= 4 is 25.9 Å². The van der Waals surface area contributed by atoms with E-state index in [-0.39, 0.29) is 59.0 Å². The number of para-hydroxylation sites is 2. The average molecular weight is 606 g/mol. The highest BCUT2D eigenvalue weighted by Crippen LogP contribution is 2.45. The summed E-state index contributed by atoms with van der Waals surface area (Å²) in [5, 5.41) is -0.178. The molecule has 0 atom stereocenters. The van der Waals surface area contributed by atoms with E-state index in [0.29, 0.717) is 18.0 Å². The van der Waals surface area contributed by atoms with Crippen LogP contribution in [0.1, 0.15) is 63.3 Å². The Kier molecular flexibility index (Phi) is 9.66. The van der Waals surface area contributed by atoms with Crippen LogP contribution in [-0.4, -0.2) is 57.8 Å². The molecule has 0 amide bonds. The lowest BCUT2D eigenvalue weighted by molar-refractivity contribution is 0.281. The van der Waals surface area contributed by atoms with Gasteiger partial charge in [-0.05, 0) is 55.9 Å². The van der Waals surface area contributed by atoms with Crippen molar-refractivity contribution in [3.8, 4) is 23.1 Å². The lowest BCUT2D eigenvalue weighted by atomic mass is 10.1. The number of nitrogens with one attached hydrogen (secondary N) is 2. The molecule has 2 heterocycles. The van der Waals surface area contributed by atoms with Crippen LogP contribution in [0.25, 0.3) is 0 Å². The highest BCUT2D eigenvalue weighted by atomic mass is 32.2. The van der Waals surface area contributed by atoms with Gasteiger partial charge in [0.2, 0.25) is 15.8 Å². The minimum Gasteiger partial charge on any atom is -0.493 e. The molecule has 41 heavy (non-hydrogen) atoms. The molecule has 0 bridgehead atoms. The Morgan fingerprint density at radius 2 is 1.76 bits per heavy atom. The summed E-state index contributed by atoms with van der Waals surface area (Å²) in [5.74, 6) is 1.18. The molecule has 1 fully saturated rings. The van der Waals surface area contributed by atoms with E-state index in [9.17, 15) is 16.8 Å². The van der Waals surface area contributed by atoms with Gasteiger partial charge in [-0.15, -0.1) is 0 Å². The number of nitrogens with zero attached hydrogens (tertiary/aromatic N) is 3. The minimum atomic E-state index is -4.17. The molecule has 1 aromatic carbocycles. The zero-order valence-electron chi connectivity index (χ0n) is 23.5. The van der Waals surface area contributed by atoms with E-state index in [0.717, 1.165) is 18.4 Å². The summed E-state index contributed by atoms with van der Waals surface area (Å²) in [5.41, 5.74) is 0.902. The molecule has 4 rings (SSSR count). The summed E-state index contributed by atoms with van der Waals surface area (Å²) < 4.78 is 72.8. The van der Waals surface area contributed by atoms with Crippen molar-refractivity contribution < 1.29 is 31.0 Å². The maximum atomic E-state index is 13.4. The normalized spacial score (nSPS) is 13.7. The minimum absolute atomic E-state index is 0.0203. The molecule has 0 unspecified atom stereocenters. The van der Waals surface area contributed by atoms with Gasteiger partial charge >= 0.3 is 0 Å². The van der Waals surface area contributed by atoms with E-state index in [1.54, 1.807) is 37.3 Å². The maximum Gasteiger partial charge on any atom is 0.280 e. The molecule has 2 aromatic heterocycles. The molecule has 2 N–H and O–H groups in total. The van der Waals surface area contributed by atoms with Gasteiger partial charge in [-0.25, -0.2) is 23.1 Å². The zero-order chi connectivity index (χ0) is 29.6. The number of aromatic nitrogens is 3. The summed E-state index contributed by atoms with van der Waals surface area (Å²) in [4.78, 5) is 13.2. The van der Waals surface area contributed by atoms with Crippen molar-refractivity contribution in [3.05, 3.63) is 54.0 Å². The lowest BCUT2D eigenvalue weighted by Gasteiger charge is -2.18. The molecule has 1 aliphatic carbocycles. The van der Waals surface area contributed by atoms with Crippen molar-refractivity contribution in [2.45, 2.75) is 56.9 Å². The molecule has 0 radical (unpaired) electrons. The first-order valence-corrected chi connectivity index (χ1v) is 16.5. The van der Waals surface area contributed by atoms with Crippen LogP contribution in [0, 0.1) is 0 Å². The number of hydrogen-bond acceptors (Lipinski definition) is 10. The predicted octanol–water partition coefficient (Wildman–Crippen LogP) is 4.18. The Labute approximate surface area is 241 Å². The highest BCUT2D eigenvalue weighted by Gasteiger charge is 2.32. The van der Waals surface area contributed by atoms with Crippen molar-refractivity contribution in [2.24, 2.45) is 0 Å². The second-order valence-corrected chi connectivity index (χ2v) is 13.5. The van der Waals surface area contributed by atoms with Gasteiger partial charge in [0, 0.05) is 18.7 Å². The maximum absolute atomic E-state index is 13.4. The number of benzene rings is 1. The first kappa shape index (κ1) is 30.5. The van der Waals surface area contributed by atoms with Gasteiger partial charge in [-0.2, -0.15) is 13.4 Å². The van der Waals surface area contributed by atoms with E-state index in [1.165, 1.54) is 19.4 Å². The van der Waals surface area contributed by atoms with Gasteiger partial charge in [0.15, 0.2) is 22.3 Å². The second kappa shape index (κ2) is 13.0. The number of hydrogen-bond donors (Lipinski definition) is 2. The van der Waals surface area contributed by atoms with Crippen LogP contribution in [0.15, 0.2) is 47.6 Å². The first-order valence-electron chi connectivity index (χ1n) is 13.3. The number of pyridine rings is 1. The van der Waals surface area contributed by atoms with Crippen molar-refractivity contribution in [2.75, 3.05) is 30.7 Å². The second-order valence-electron chi connectivity index (χ2n) is 9.78. The van der Waals surface area contributed by atoms with Gasteiger partial charge in [0.1, 0.15) is 5.82 Å². The van der Waals surface area contributed by atoms with E-state index in [4.69, 9.17) is 14.2 Å². The number of rotatable bonds is 15. The Bertz CT molecular complexity index is 1560. The molecule has 12 nitrogen and oxygen atoms in total. The van der Waals surface area contributed by atoms with Gasteiger partial charge in [-0.1, -0.05) is 32.0 Å². The molecule has 0 aliphatic heterocycles. The molecular weight excluding hydrogens is 570 g/mol. The summed E-state index contributed by atoms with van der Waals surface area (Å²) in [6.45, 7) is 5.78. The third kappa shape index (κ3) is 8.05. The van der Waals surface area contributed by atoms with Gasteiger partial charge in [0.25, 0.3) is 15.9 Å². The summed E-state index contributed by atoms with van der Waals surface area (Å²) in [7, 11) is -6.03. The third-order valence-corrected chi connectivity index (χ3v) is 8.93. The molecular formula is C27H35N5O7S2. The zero-order valence-corrected chi connectivity index (χ0v) is 25.1. The molecule has 3 aromatic rings. The fourth-order valence-electron chi connectivity index (χ4n) is 3.69. The van der Waals surface area contributed by atoms with Crippen molar-refractivity contribution in [3.63, 3.8) is 0 Å². The summed E-state index contributed by atoms with van der Waals surface area (Å²) in [6, 6.07) is 10.0. The van der Waals surface area contributed by atoms with Crippen LogP contribution >= 0.6 is 0 Å². The van der Waals surface area contributed by atoms with Crippen LogP contribution in [0.4, 0.5) is 5.82 Å². The topological polar surface area (TPSA) is 159 Å². The predicted molar refractivity (Wildman–Crippen MR) is 154 cm³/mol. The molecule has 14 heteroatoms. The van der Waals surface area contributed by atoms with Gasteiger partial charge < -0.3 is 14.2 Å². The fourth-order valence-corrected chi connectivity index (χ4v) is 5.28. The number of anilines is 1. The summed E-state index contributed by atoms with van der Waals surface area (Å²) >= 11 is 0. The smallest absolute Gasteiger partial charge is 0.280 e. The summed E-state index contributed by atoms with van der Waals surface area (Å²) in [6.07, 6.45) is 3.58. The molecule has 222 valence electrons. The Morgan fingerprint density at radius 1 is 1.02 bits per heavy atom. The van der Waals surface area contributed by atoms with Gasteiger partial charge in [-0.3, -0.25) is 4.72 Å². The van der Waals surface area contributed by atoms with E-state index in [2.05, 4.69) is 24.4 Å². The largest absolute Gasteiger partial charge is 0.493 e. The first-order chi connectivity index (χ1) is 19.5. The monoisotopic (exact) mass is 605 g/mol. The fraction of sp³-hybridized carbons (Fsp3) is 0.444. The van der Waals surface area contributed by atoms with Crippen molar-refractivity contribution in [1.82, 2.24) is 19.7 Å². The van der Waals surface area contributed by atoms with E-state index in [1.807, 2.05) is 13.8 Å². The number of sulfonamides is 2. The Morgan fingerprint density at radius 3 is 2.37 bits per heavy atom.